The first-order valence-corrected chi connectivity index (χ1v) is 7.67. The third-order valence-electron chi connectivity index (χ3n) is 4.09. The summed E-state index contributed by atoms with van der Waals surface area (Å²) < 4.78 is 5.03. The average Bonchev–Trinajstić information content (AvgIpc) is 2.93. The lowest BCUT2D eigenvalue weighted by atomic mass is 10.1. The van der Waals surface area contributed by atoms with Gasteiger partial charge in [-0.1, -0.05) is 0 Å². The Balaban J connectivity index is 1.56. The van der Waals surface area contributed by atoms with Gasteiger partial charge in [-0.05, 0) is 45.7 Å². The van der Waals surface area contributed by atoms with E-state index in [1.807, 2.05) is 11.8 Å². The van der Waals surface area contributed by atoms with Crippen molar-refractivity contribution in [2.75, 3.05) is 45.9 Å². The SMILES string of the molecule is CCOC(=O)N1CCN(CCCC2CCCN2)CC1. The number of hydrogen-bond donors (Lipinski definition) is 1. The molecule has 0 saturated carbocycles. The molecule has 110 valence electrons. The molecular formula is C14H27N3O2. The summed E-state index contributed by atoms with van der Waals surface area (Å²) >= 11 is 0. The van der Waals surface area contributed by atoms with Gasteiger partial charge in [-0.15, -0.1) is 0 Å². The van der Waals surface area contributed by atoms with Crippen LogP contribution < -0.4 is 5.32 Å². The molecule has 2 fully saturated rings. The lowest BCUT2D eigenvalue weighted by Gasteiger charge is -2.34. The van der Waals surface area contributed by atoms with Crippen LogP contribution in [0.25, 0.3) is 0 Å². The summed E-state index contributed by atoms with van der Waals surface area (Å²) in [6.07, 6.45) is 5.08. The molecule has 0 bridgehead atoms. The number of carbonyl (C=O) groups excluding carboxylic acids is 1. The van der Waals surface area contributed by atoms with E-state index in [1.165, 1.54) is 32.2 Å². The highest BCUT2D eigenvalue weighted by Gasteiger charge is 2.21. The van der Waals surface area contributed by atoms with Crippen LogP contribution in [0.15, 0.2) is 0 Å². The zero-order chi connectivity index (χ0) is 13.5. The van der Waals surface area contributed by atoms with Gasteiger partial charge in [-0.3, -0.25) is 4.90 Å². The van der Waals surface area contributed by atoms with Crippen LogP contribution >= 0.6 is 0 Å². The zero-order valence-electron chi connectivity index (χ0n) is 12.1. The number of hydrogen-bond acceptors (Lipinski definition) is 4. The third-order valence-corrected chi connectivity index (χ3v) is 4.09. The van der Waals surface area contributed by atoms with Gasteiger partial charge < -0.3 is 15.0 Å². The summed E-state index contributed by atoms with van der Waals surface area (Å²) in [5, 5.41) is 3.54. The molecular weight excluding hydrogens is 242 g/mol. The van der Waals surface area contributed by atoms with E-state index in [2.05, 4.69) is 10.2 Å². The highest BCUT2D eigenvalue weighted by molar-refractivity contribution is 5.67. The lowest BCUT2D eigenvalue weighted by Crippen LogP contribution is -2.49. The van der Waals surface area contributed by atoms with E-state index >= 15 is 0 Å². The van der Waals surface area contributed by atoms with Crippen LogP contribution in [0.1, 0.15) is 32.6 Å². The van der Waals surface area contributed by atoms with Gasteiger partial charge in [0.15, 0.2) is 0 Å². The predicted molar refractivity (Wildman–Crippen MR) is 75.3 cm³/mol. The van der Waals surface area contributed by atoms with E-state index in [-0.39, 0.29) is 6.09 Å². The van der Waals surface area contributed by atoms with Gasteiger partial charge in [-0.25, -0.2) is 4.79 Å². The Kier molecular flexibility index (Phi) is 5.92. The summed E-state index contributed by atoms with van der Waals surface area (Å²) in [7, 11) is 0. The van der Waals surface area contributed by atoms with Gasteiger partial charge in [0.2, 0.25) is 0 Å². The van der Waals surface area contributed by atoms with Crippen molar-refractivity contribution < 1.29 is 9.53 Å². The topological polar surface area (TPSA) is 44.8 Å². The maximum absolute atomic E-state index is 11.6. The average molecular weight is 269 g/mol. The Hall–Kier alpha value is -0.810. The first kappa shape index (κ1) is 14.6. The Bertz CT molecular complexity index is 272. The van der Waals surface area contributed by atoms with Crippen LogP contribution in [0, 0.1) is 0 Å². The van der Waals surface area contributed by atoms with Crippen LogP contribution in [0.3, 0.4) is 0 Å². The Morgan fingerprint density at radius 3 is 2.74 bits per heavy atom. The number of nitrogens with one attached hydrogen (secondary N) is 1. The smallest absolute Gasteiger partial charge is 0.409 e. The molecule has 2 aliphatic rings. The van der Waals surface area contributed by atoms with Crippen molar-refractivity contribution in [2.24, 2.45) is 0 Å². The van der Waals surface area contributed by atoms with E-state index in [0.29, 0.717) is 6.61 Å². The first-order valence-electron chi connectivity index (χ1n) is 7.67. The number of piperazine rings is 1. The lowest BCUT2D eigenvalue weighted by molar-refractivity contribution is 0.0791. The second-order valence-electron chi connectivity index (χ2n) is 5.46. The summed E-state index contributed by atoms with van der Waals surface area (Å²) in [6, 6.07) is 0.751. The number of amides is 1. The minimum Gasteiger partial charge on any atom is -0.450 e. The molecule has 2 saturated heterocycles. The summed E-state index contributed by atoms with van der Waals surface area (Å²) in [5.41, 5.74) is 0. The third kappa shape index (κ3) is 4.66. The molecule has 0 aliphatic carbocycles. The minimum atomic E-state index is -0.155. The van der Waals surface area contributed by atoms with Gasteiger partial charge in [-0.2, -0.15) is 0 Å². The van der Waals surface area contributed by atoms with Crippen LogP contribution in [0.2, 0.25) is 0 Å². The van der Waals surface area contributed by atoms with Crippen molar-refractivity contribution in [2.45, 2.75) is 38.6 Å². The van der Waals surface area contributed by atoms with E-state index < -0.39 is 0 Å². The monoisotopic (exact) mass is 269 g/mol. The second kappa shape index (κ2) is 7.70. The van der Waals surface area contributed by atoms with Crippen molar-refractivity contribution in [3.05, 3.63) is 0 Å². The molecule has 5 nitrogen and oxygen atoms in total. The van der Waals surface area contributed by atoms with Crippen molar-refractivity contribution in [3.63, 3.8) is 0 Å². The van der Waals surface area contributed by atoms with E-state index in [9.17, 15) is 4.79 Å². The van der Waals surface area contributed by atoms with Crippen molar-refractivity contribution >= 4 is 6.09 Å². The van der Waals surface area contributed by atoms with Crippen molar-refractivity contribution in [3.8, 4) is 0 Å². The van der Waals surface area contributed by atoms with E-state index in [4.69, 9.17) is 4.74 Å². The van der Waals surface area contributed by atoms with Crippen LogP contribution in [-0.2, 0) is 4.74 Å². The van der Waals surface area contributed by atoms with Crippen LogP contribution in [0.5, 0.6) is 0 Å². The Labute approximate surface area is 116 Å². The van der Waals surface area contributed by atoms with Gasteiger partial charge in [0.25, 0.3) is 0 Å². The Morgan fingerprint density at radius 1 is 1.32 bits per heavy atom. The fourth-order valence-electron chi connectivity index (χ4n) is 2.93. The quantitative estimate of drug-likeness (QED) is 0.817. The summed E-state index contributed by atoms with van der Waals surface area (Å²) in [4.78, 5) is 15.9. The number of ether oxygens (including phenoxy) is 1. The van der Waals surface area contributed by atoms with Crippen LogP contribution in [0.4, 0.5) is 4.79 Å². The van der Waals surface area contributed by atoms with E-state index in [0.717, 1.165) is 38.8 Å². The van der Waals surface area contributed by atoms with Crippen molar-refractivity contribution in [1.82, 2.24) is 15.1 Å². The summed E-state index contributed by atoms with van der Waals surface area (Å²) in [6.45, 7) is 8.26. The van der Waals surface area contributed by atoms with Crippen molar-refractivity contribution in [1.29, 1.82) is 0 Å². The molecule has 0 spiro atoms. The number of nitrogens with zero attached hydrogens (tertiary/aromatic N) is 2. The molecule has 1 atom stereocenters. The van der Waals surface area contributed by atoms with Gasteiger partial charge in [0, 0.05) is 32.2 Å². The molecule has 5 heteroatoms. The molecule has 0 aromatic heterocycles. The molecule has 1 amide bonds. The normalized spacial score (nSPS) is 24.7. The number of rotatable bonds is 5. The fraction of sp³-hybridized carbons (Fsp3) is 0.929. The first-order chi connectivity index (χ1) is 9.29. The highest BCUT2D eigenvalue weighted by Crippen LogP contribution is 2.12. The second-order valence-corrected chi connectivity index (χ2v) is 5.46. The Morgan fingerprint density at radius 2 is 2.11 bits per heavy atom. The summed E-state index contributed by atoms with van der Waals surface area (Å²) in [5.74, 6) is 0. The zero-order valence-corrected chi connectivity index (χ0v) is 12.1. The van der Waals surface area contributed by atoms with E-state index in [1.54, 1.807) is 0 Å². The van der Waals surface area contributed by atoms with Gasteiger partial charge in [0.1, 0.15) is 0 Å². The molecule has 2 aliphatic heterocycles. The molecule has 1 unspecified atom stereocenters. The maximum Gasteiger partial charge on any atom is 0.409 e. The fourth-order valence-corrected chi connectivity index (χ4v) is 2.93. The van der Waals surface area contributed by atoms with Crippen LogP contribution in [-0.4, -0.2) is 67.8 Å². The molecule has 0 radical (unpaired) electrons. The standard InChI is InChI=1S/C14H27N3O2/c1-2-19-14(18)17-11-9-16(10-12-17)8-4-6-13-5-3-7-15-13/h13,15H,2-12H2,1H3. The molecule has 19 heavy (non-hydrogen) atoms. The predicted octanol–water partition coefficient (Wildman–Crippen LogP) is 1.29. The van der Waals surface area contributed by atoms with Gasteiger partial charge in [0.05, 0.1) is 6.61 Å². The van der Waals surface area contributed by atoms with Gasteiger partial charge >= 0.3 is 6.09 Å². The largest absolute Gasteiger partial charge is 0.450 e. The minimum absolute atomic E-state index is 0.155. The molecule has 2 heterocycles. The highest BCUT2D eigenvalue weighted by atomic mass is 16.6. The molecule has 0 aromatic rings. The maximum atomic E-state index is 11.6. The molecule has 0 aromatic carbocycles. The number of carbonyl (C=O) groups is 1. The molecule has 2 rings (SSSR count). The molecule has 1 N–H and O–H groups in total.